The zero-order valence-corrected chi connectivity index (χ0v) is 39.4. The number of halogens is 2. The van der Waals surface area contributed by atoms with Crippen LogP contribution in [-0.2, 0) is 32.4 Å². The van der Waals surface area contributed by atoms with Crippen LogP contribution in [0, 0.1) is 13.8 Å². The summed E-state index contributed by atoms with van der Waals surface area (Å²) in [5.74, 6) is 0. The van der Waals surface area contributed by atoms with Crippen molar-refractivity contribution in [3.63, 3.8) is 0 Å². The van der Waals surface area contributed by atoms with E-state index in [0.717, 1.165) is 27.0 Å². The molecule has 0 N–H and O–H groups in total. The molecule has 0 aliphatic heterocycles. The quantitative estimate of drug-likeness (QED) is 0.129. The molecule has 4 aromatic heterocycles. The van der Waals surface area contributed by atoms with E-state index >= 15 is 0 Å². The van der Waals surface area contributed by atoms with Gasteiger partial charge in [-0.2, -0.15) is 10.2 Å². The van der Waals surface area contributed by atoms with Crippen LogP contribution in [0.2, 0.25) is 10.0 Å². The maximum Gasteiger partial charge on any atom is 0.410 e. The van der Waals surface area contributed by atoms with Gasteiger partial charge < -0.3 is 19.3 Å². The first-order chi connectivity index (χ1) is 29.0. The fourth-order valence-corrected chi connectivity index (χ4v) is 8.55. The smallest absolute Gasteiger partial charge is 0.410 e. The number of ether oxygens (including phenoxy) is 2. The molecule has 2 aromatic carbocycles. The molecular formula is C44H50Cl2N8O6S2. The molecule has 0 radical (unpaired) electrons. The summed E-state index contributed by atoms with van der Waals surface area (Å²) in [4.78, 5) is 37.0. The van der Waals surface area contributed by atoms with Crippen LogP contribution in [0.25, 0.3) is 11.4 Å². The van der Waals surface area contributed by atoms with E-state index in [-0.39, 0.29) is 16.5 Å². The standard InChI is InChI=1S/C22H25ClN4O4S.C22H25ClN4O2S/c1-15-12-17(10-11-24-15)32(29,30)20-13-16(14-26(5)21(28)31-22(2,3)4)25-27(20)19-9-7-6-8-18(19)23;1-15-12-17(10-11-24-15)30-20-13-16(14-26(5)21(28)29-22(2,3)4)25-27(20)19-9-7-6-8-18(19)23/h6-13H,14H2,1-5H3;6-13H,14H2,1-5H3. The van der Waals surface area contributed by atoms with E-state index in [0.29, 0.717) is 33.7 Å². The SMILES string of the molecule is Cc1cc(S(=O)(=O)c2cc(CN(C)C(=O)OC(C)(C)C)nn2-c2ccccc2Cl)ccn1.Cc1cc(Sc2cc(CN(C)C(=O)OC(C)(C)C)nn2-c2ccccc2Cl)ccn1. The Morgan fingerprint density at radius 1 is 0.677 bits per heavy atom. The topological polar surface area (TPSA) is 155 Å². The van der Waals surface area contributed by atoms with Crippen molar-refractivity contribution in [2.45, 2.75) is 99.5 Å². The molecule has 0 spiro atoms. The lowest BCUT2D eigenvalue weighted by atomic mass is 10.2. The highest BCUT2D eigenvalue weighted by Gasteiger charge is 2.28. The molecule has 2 amide bonds. The summed E-state index contributed by atoms with van der Waals surface area (Å²) in [6, 6.07) is 24.6. The van der Waals surface area contributed by atoms with Gasteiger partial charge in [-0.25, -0.2) is 27.4 Å². The fraction of sp³-hybridized carbons (Fsp3) is 0.318. The van der Waals surface area contributed by atoms with E-state index in [1.54, 1.807) is 88.7 Å². The number of aromatic nitrogens is 6. The molecule has 0 atom stereocenters. The Balaban J connectivity index is 0.000000235. The zero-order valence-electron chi connectivity index (χ0n) is 36.3. The largest absolute Gasteiger partial charge is 0.444 e. The fourth-order valence-electron chi connectivity index (χ4n) is 5.64. The first-order valence-corrected chi connectivity index (χ1v) is 22.4. The van der Waals surface area contributed by atoms with Gasteiger partial charge in [-0.05, 0) is 110 Å². The van der Waals surface area contributed by atoms with Gasteiger partial charge in [-0.1, -0.05) is 59.2 Å². The van der Waals surface area contributed by atoms with Crippen molar-refractivity contribution >= 4 is 57.0 Å². The Labute approximate surface area is 377 Å². The predicted molar refractivity (Wildman–Crippen MR) is 240 cm³/mol. The van der Waals surface area contributed by atoms with E-state index in [1.807, 2.05) is 70.2 Å². The van der Waals surface area contributed by atoms with E-state index < -0.39 is 33.2 Å². The Hall–Kier alpha value is -5.42. The Kier molecular flexibility index (Phi) is 15.2. The summed E-state index contributed by atoms with van der Waals surface area (Å²) >= 11 is 14.3. The molecular weight excluding hydrogens is 872 g/mol. The van der Waals surface area contributed by atoms with Crippen molar-refractivity contribution < 1.29 is 27.5 Å². The van der Waals surface area contributed by atoms with Crippen molar-refractivity contribution in [3.8, 4) is 11.4 Å². The normalized spacial score (nSPS) is 11.7. The number of carbonyl (C=O) groups is 2. The van der Waals surface area contributed by atoms with Crippen LogP contribution < -0.4 is 0 Å². The second-order valence-corrected chi connectivity index (χ2v) is 20.0. The molecule has 0 unspecified atom stereocenters. The van der Waals surface area contributed by atoms with Gasteiger partial charge in [0.15, 0.2) is 5.03 Å². The Bertz CT molecular complexity index is 2660. The van der Waals surface area contributed by atoms with Gasteiger partial charge in [0.2, 0.25) is 9.84 Å². The van der Waals surface area contributed by atoms with E-state index in [9.17, 15) is 18.0 Å². The summed E-state index contributed by atoms with van der Waals surface area (Å²) < 4.78 is 40.8. The third-order valence-electron chi connectivity index (χ3n) is 8.37. The van der Waals surface area contributed by atoms with E-state index in [2.05, 4.69) is 15.1 Å². The van der Waals surface area contributed by atoms with Crippen molar-refractivity contribution in [2.75, 3.05) is 14.1 Å². The van der Waals surface area contributed by atoms with Crippen LogP contribution in [-0.4, -0.2) is 85.2 Å². The molecule has 0 saturated heterocycles. The minimum Gasteiger partial charge on any atom is -0.444 e. The second kappa shape index (κ2) is 19.7. The van der Waals surface area contributed by atoms with Gasteiger partial charge >= 0.3 is 12.2 Å². The summed E-state index contributed by atoms with van der Waals surface area (Å²) in [7, 11) is -0.699. The number of hydrogen-bond donors (Lipinski definition) is 0. The summed E-state index contributed by atoms with van der Waals surface area (Å²) in [6.45, 7) is 14.9. The number of aryl methyl sites for hydroxylation is 2. The van der Waals surface area contributed by atoms with Crippen molar-refractivity contribution in [2.24, 2.45) is 0 Å². The van der Waals surface area contributed by atoms with Crippen molar-refractivity contribution in [3.05, 3.63) is 130 Å². The molecule has 18 heteroatoms. The molecule has 328 valence electrons. The number of hydrogen-bond acceptors (Lipinski definition) is 11. The number of rotatable bonds is 10. The van der Waals surface area contributed by atoms with Gasteiger partial charge in [0.25, 0.3) is 0 Å². The minimum absolute atomic E-state index is 0.0459. The molecule has 0 fully saturated rings. The van der Waals surface area contributed by atoms with Gasteiger partial charge in [0.1, 0.15) is 16.2 Å². The third-order valence-corrected chi connectivity index (χ3v) is 11.7. The van der Waals surface area contributed by atoms with Gasteiger partial charge in [0, 0.05) is 48.8 Å². The Morgan fingerprint density at radius 2 is 1.15 bits per heavy atom. The number of pyridine rings is 2. The predicted octanol–water partition coefficient (Wildman–Crippen LogP) is 10.2. The molecule has 0 saturated carbocycles. The molecule has 6 rings (SSSR count). The average Bonchev–Trinajstić information content (AvgIpc) is 3.78. The number of carbonyl (C=O) groups excluding carboxylic acids is 2. The minimum atomic E-state index is -3.95. The number of para-hydroxylation sites is 2. The molecule has 0 aliphatic carbocycles. The lowest BCUT2D eigenvalue weighted by molar-refractivity contribution is 0.0273. The number of nitrogens with zero attached hydrogens (tertiary/aromatic N) is 8. The first kappa shape index (κ1) is 47.6. The number of amides is 2. The first-order valence-electron chi connectivity index (χ1n) is 19.3. The highest BCUT2D eigenvalue weighted by Crippen LogP contribution is 2.33. The molecule has 62 heavy (non-hydrogen) atoms. The monoisotopic (exact) mass is 920 g/mol. The Morgan fingerprint density at radius 3 is 1.65 bits per heavy atom. The molecule has 6 aromatic rings. The van der Waals surface area contributed by atoms with Crippen LogP contribution >= 0.6 is 35.0 Å². The highest BCUT2D eigenvalue weighted by molar-refractivity contribution is 7.99. The second-order valence-electron chi connectivity index (χ2n) is 16.2. The van der Waals surface area contributed by atoms with Crippen LogP contribution in [0.3, 0.4) is 0 Å². The maximum absolute atomic E-state index is 13.5. The van der Waals surface area contributed by atoms with E-state index in [1.165, 1.54) is 38.9 Å². The average molecular weight is 922 g/mol. The molecule has 4 heterocycles. The van der Waals surface area contributed by atoms with Crippen LogP contribution in [0.15, 0.2) is 117 Å². The summed E-state index contributed by atoms with van der Waals surface area (Å²) in [5.41, 5.74) is 2.58. The lowest BCUT2D eigenvalue weighted by Crippen LogP contribution is -2.33. The third kappa shape index (κ3) is 12.8. The number of benzene rings is 2. The van der Waals surface area contributed by atoms with Crippen molar-refractivity contribution in [1.29, 1.82) is 0 Å². The van der Waals surface area contributed by atoms with Crippen molar-refractivity contribution in [1.82, 2.24) is 39.3 Å². The van der Waals surface area contributed by atoms with Crippen LogP contribution in [0.1, 0.15) is 64.3 Å². The summed E-state index contributed by atoms with van der Waals surface area (Å²) in [6.07, 6.45) is 2.29. The van der Waals surface area contributed by atoms with Gasteiger partial charge in [-0.3, -0.25) is 9.97 Å². The lowest BCUT2D eigenvalue weighted by Gasteiger charge is -2.24. The van der Waals surface area contributed by atoms with E-state index in [4.69, 9.17) is 37.8 Å². The molecule has 14 nitrogen and oxygen atoms in total. The molecule has 0 aliphatic rings. The molecule has 0 bridgehead atoms. The summed E-state index contributed by atoms with van der Waals surface area (Å²) in [5, 5.41) is 10.9. The van der Waals surface area contributed by atoms with Gasteiger partial charge in [0.05, 0.1) is 50.8 Å². The number of sulfone groups is 1. The van der Waals surface area contributed by atoms with Crippen LogP contribution in [0.4, 0.5) is 9.59 Å². The van der Waals surface area contributed by atoms with Gasteiger partial charge in [-0.15, -0.1) is 0 Å². The zero-order chi connectivity index (χ0) is 45.6. The highest BCUT2D eigenvalue weighted by atomic mass is 35.5. The maximum atomic E-state index is 13.5. The van der Waals surface area contributed by atoms with Crippen LogP contribution in [0.5, 0.6) is 0 Å².